The number of ketones is 1. The summed E-state index contributed by atoms with van der Waals surface area (Å²) in [5.74, 6) is 5.75. The average molecular weight is 471 g/mol. The van der Waals surface area contributed by atoms with Crippen molar-refractivity contribution in [3.63, 3.8) is 0 Å². The van der Waals surface area contributed by atoms with E-state index in [0.717, 1.165) is 24.8 Å². The molecular weight excluding hydrogens is 431 g/mol. The molecule has 0 heterocycles. The summed E-state index contributed by atoms with van der Waals surface area (Å²) in [6.45, 7) is 8.78. The zero-order valence-electron chi connectivity index (χ0n) is 21.2. The van der Waals surface area contributed by atoms with Crippen molar-refractivity contribution >= 4 is 11.4 Å². The largest absolute Gasteiger partial charge is 0.299 e. The zero-order valence-corrected chi connectivity index (χ0v) is 21.2. The molecule has 0 saturated heterocycles. The Balaban J connectivity index is 1.28. The minimum Gasteiger partial charge on any atom is -0.299 e. The number of carbonyl (C=O) groups excluding carboxylic acids is 1. The lowest BCUT2D eigenvalue weighted by atomic mass is 9.51. The lowest BCUT2D eigenvalue weighted by Crippen LogP contribution is -2.49. The predicted molar refractivity (Wildman–Crippen MR) is 141 cm³/mol. The van der Waals surface area contributed by atoms with E-state index in [1.165, 1.54) is 36.5 Å². The first-order chi connectivity index (χ1) is 16.9. The third kappa shape index (κ3) is 4.11. The molecule has 0 aromatic heterocycles. The molecule has 0 bridgehead atoms. The normalized spacial score (nSPS) is 42.4. The fourth-order valence-corrected chi connectivity index (χ4v) is 8.63. The number of hydrogen-bond donors (Lipinski definition) is 0. The Bertz CT molecular complexity index is 1110. The molecule has 1 nitrogen and oxygen atoms in total. The summed E-state index contributed by atoms with van der Waals surface area (Å²) in [6, 6.07) is 6.96. The van der Waals surface area contributed by atoms with Crippen molar-refractivity contribution in [1.82, 2.24) is 0 Å². The molecule has 2 heteroatoms. The summed E-state index contributed by atoms with van der Waals surface area (Å²) >= 11 is 0. The summed E-state index contributed by atoms with van der Waals surface area (Å²) in [5.41, 5.74) is 3.56. The number of hydrogen-bond acceptors (Lipinski definition) is 1. The van der Waals surface area contributed by atoms with Gasteiger partial charge in [-0.05, 0) is 115 Å². The predicted octanol–water partition coefficient (Wildman–Crippen LogP) is 8.06. The van der Waals surface area contributed by atoms with Crippen molar-refractivity contribution < 1.29 is 9.18 Å². The Morgan fingerprint density at radius 2 is 1.89 bits per heavy atom. The number of halogens is 1. The van der Waals surface area contributed by atoms with Crippen LogP contribution in [0.1, 0.15) is 57.9 Å². The van der Waals surface area contributed by atoms with E-state index < -0.39 is 0 Å². The number of fused-ring (bicyclic) bond motifs is 3. The second-order valence-corrected chi connectivity index (χ2v) is 12.3. The van der Waals surface area contributed by atoms with Crippen molar-refractivity contribution in [2.75, 3.05) is 0 Å². The fraction of sp³-hybridized carbons (Fsp3) is 0.545. The molecule has 0 aliphatic heterocycles. The first-order valence-corrected chi connectivity index (χ1v) is 14.0. The van der Waals surface area contributed by atoms with Gasteiger partial charge in [0, 0.05) is 11.8 Å². The molecule has 184 valence electrons. The number of rotatable bonds is 4. The van der Waals surface area contributed by atoms with Crippen LogP contribution in [0.2, 0.25) is 0 Å². The Labute approximate surface area is 210 Å². The van der Waals surface area contributed by atoms with E-state index >= 15 is 0 Å². The second-order valence-electron chi connectivity index (χ2n) is 12.3. The Morgan fingerprint density at radius 1 is 1.03 bits per heavy atom. The lowest BCUT2D eigenvalue weighted by molar-refractivity contribution is -0.136. The van der Waals surface area contributed by atoms with Gasteiger partial charge in [-0.3, -0.25) is 4.79 Å². The van der Waals surface area contributed by atoms with Gasteiger partial charge in [0.2, 0.25) is 0 Å². The Kier molecular flexibility index (Phi) is 5.98. The highest BCUT2D eigenvalue weighted by atomic mass is 19.1. The maximum Gasteiger partial charge on any atom is 0.139 e. The summed E-state index contributed by atoms with van der Waals surface area (Å²) < 4.78 is 13.8. The van der Waals surface area contributed by atoms with Gasteiger partial charge < -0.3 is 0 Å². The molecule has 0 N–H and O–H groups in total. The smallest absolute Gasteiger partial charge is 0.139 e. The lowest BCUT2D eigenvalue weighted by Gasteiger charge is -2.53. The van der Waals surface area contributed by atoms with Crippen LogP contribution >= 0.6 is 0 Å². The van der Waals surface area contributed by atoms with Crippen LogP contribution in [0.25, 0.3) is 5.57 Å². The number of allylic oxidation sites excluding steroid dienone is 7. The van der Waals surface area contributed by atoms with Crippen molar-refractivity contribution in [1.29, 1.82) is 0 Å². The first-order valence-electron chi connectivity index (χ1n) is 14.0. The SMILES string of the molecule is C=C[C@@H]1CC[C@@H]2[C@@H](C1)C[C@@H]1C(=O)C3CC3[C@H](C)[C@H]1[C@@H]2/C=C/C1=CC=C(c2cccc(F)c2)C(C)C1. The van der Waals surface area contributed by atoms with Crippen LogP contribution in [0.5, 0.6) is 0 Å². The molecule has 5 aliphatic carbocycles. The quantitative estimate of drug-likeness (QED) is 0.407. The van der Waals surface area contributed by atoms with Crippen LogP contribution in [0.4, 0.5) is 4.39 Å². The minimum absolute atomic E-state index is 0.174. The highest BCUT2D eigenvalue weighted by Gasteiger charge is 2.61. The maximum absolute atomic E-state index is 13.8. The molecule has 0 radical (unpaired) electrons. The highest BCUT2D eigenvalue weighted by molar-refractivity contribution is 5.87. The number of Topliss-reactive ketones (excluding diaryl/α,β-unsaturated/α-hetero) is 1. The highest BCUT2D eigenvalue weighted by Crippen LogP contribution is 2.63. The van der Waals surface area contributed by atoms with Crippen LogP contribution in [0.3, 0.4) is 0 Å². The molecule has 35 heavy (non-hydrogen) atoms. The van der Waals surface area contributed by atoms with Crippen molar-refractivity contribution in [2.45, 2.75) is 52.4 Å². The van der Waals surface area contributed by atoms with Gasteiger partial charge in [-0.1, -0.05) is 56.4 Å². The Morgan fingerprint density at radius 3 is 2.66 bits per heavy atom. The van der Waals surface area contributed by atoms with Crippen LogP contribution < -0.4 is 0 Å². The average Bonchev–Trinajstić information content (AvgIpc) is 3.66. The van der Waals surface area contributed by atoms with Crippen LogP contribution in [0.15, 0.2) is 66.8 Å². The summed E-state index contributed by atoms with van der Waals surface area (Å²) in [5, 5.41) is 0. The summed E-state index contributed by atoms with van der Waals surface area (Å²) in [7, 11) is 0. The summed E-state index contributed by atoms with van der Waals surface area (Å²) in [6.07, 6.45) is 18.5. The molecule has 4 fully saturated rings. The number of carbonyl (C=O) groups is 1. The zero-order chi connectivity index (χ0) is 24.3. The van der Waals surface area contributed by atoms with Crippen LogP contribution in [0, 0.1) is 65.0 Å². The first kappa shape index (κ1) is 23.2. The van der Waals surface area contributed by atoms with Gasteiger partial charge in [-0.15, -0.1) is 6.58 Å². The van der Waals surface area contributed by atoms with E-state index in [9.17, 15) is 9.18 Å². The number of benzene rings is 1. The Hall–Kier alpha value is -2.22. The molecule has 6 rings (SSSR count). The molecule has 1 aromatic rings. The summed E-state index contributed by atoms with van der Waals surface area (Å²) in [4.78, 5) is 13.4. The molecule has 4 saturated carbocycles. The molecule has 1 aromatic carbocycles. The maximum atomic E-state index is 13.8. The van der Waals surface area contributed by atoms with E-state index in [4.69, 9.17) is 0 Å². The van der Waals surface area contributed by atoms with Crippen molar-refractivity contribution in [3.8, 4) is 0 Å². The van der Waals surface area contributed by atoms with Gasteiger partial charge in [-0.25, -0.2) is 4.39 Å². The van der Waals surface area contributed by atoms with Gasteiger partial charge in [0.1, 0.15) is 11.6 Å². The van der Waals surface area contributed by atoms with Gasteiger partial charge in [0.15, 0.2) is 0 Å². The minimum atomic E-state index is -0.174. The van der Waals surface area contributed by atoms with Crippen molar-refractivity contribution in [3.05, 3.63) is 78.2 Å². The molecule has 5 aliphatic rings. The van der Waals surface area contributed by atoms with Gasteiger partial charge in [0.25, 0.3) is 0 Å². The van der Waals surface area contributed by atoms with E-state index in [2.05, 4.69) is 50.8 Å². The third-order valence-electron chi connectivity index (χ3n) is 10.5. The molecule has 0 spiro atoms. The van der Waals surface area contributed by atoms with Gasteiger partial charge in [-0.2, -0.15) is 0 Å². The third-order valence-corrected chi connectivity index (χ3v) is 10.5. The topological polar surface area (TPSA) is 17.1 Å². The van der Waals surface area contributed by atoms with Gasteiger partial charge in [0.05, 0.1) is 0 Å². The van der Waals surface area contributed by atoms with E-state index in [1.54, 1.807) is 12.1 Å². The van der Waals surface area contributed by atoms with E-state index in [0.29, 0.717) is 59.0 Å². The van der Waals surface area contributed by atoms with E-state index in [-0.39, 0.29) is 11.7 Å². The van der Waals surface area contributed by atoms with Crippen molar-refractivity contribution in [2.24, 2.45) is 59.2 Å². The van der Waals surface area contributed by atoms with E-state index in [1.807, 2.05) is 6.07 Å². The van der Waals surface area contributed by atoms with Crippen LogP contribution in [-0.4, -0.2) is 5.78 Å². The molecular formula is C33H39FO. The monoisotopic (exact) mass is 470 g/mol. The second kappa shape index (κ2) is 9.02. The standard InChI is InChI=1S/C33H39FO/c1-4-21-8-12-27-24(15-21)17-31-32(20(3)29-18-30(29)33(31)35)28(27)13-10-22-9-11-26(19(2)14-22)23-6-5-7-25(34)16-23/h4-7,9-11,13,16,19-21,24,27-32H,1,8,12,14-15,17-18H2,2-3H3/b13-10+/t19?,20-,21+,24-,27+,28+,29?,30?,31-,32-/m0/s1. The van der Waals surface area contributed by atoms with Crippen LogP contribution in [-0.2, 0) is 4.79 Å². The van der Waals surface area contributed by atoms with Gasteiger partial charge >= 0.3 is 0 Å². The molecule has 10 atom stereocenters. The molecule has 3 unspecified atom stereocenters. The molecule has 0 amide bonds. The fourth-order valence-electron chi connectivity index (χ4n) is 8.63.